The van der Waals surface area contributed by atoms with Gasteiger partial charge in [-0.3, -0.25) is 0 Å². The minimum Gasteiger partial charge on any atom is -0.494 e. The highest BCUT2D eigenvalue weighted by molar-refractivity contribution is 14.1. The summed E-state index contributed by atoms with van der Waals surface area (Å²) in [6.07, 6.45) is 2.04. The zero-order valence-electron chi connectivity index (χ0n) is 7.30. The van der Waals surface area contributed by atoms with Gasteiger partial charge in [-0.15, -0.1) is 11.6 Å². The van der Waals surface area contributed by atoms with E-state index in [4.69, 9.17) is 16.3 Å². The minimum atomic E-state index is 0.718. The first-order valence-corrected chi connectivity index (χ1v) is 5.88. The maximum Gasteiger partial charge on any atom is 0.120 e. The van der Waals surface area contributed by atoms with Crippen LogP contribution in [0, 0.1) is 3.57 Å². The summed E-state index contributed by atoms with van der Waals surface area (Å²) in [4.78, 5) is 0. The second-order valence-corrected chi connectivity index (χ2v) is 4.33. The SMILES string of the molecule is ClCCCCOc1cccc(I)c1. The second kappa shape index (κ2) is 6.49. The van der Waals surface area contributed by atoms with Crippen LogP contribution >= 0.6 is 34.2 Å². The molecule has 0 saturated heterocycles. The Morgan fingerprint density at radius 1 is 1.31 bits per heavy atom. The van der Waals surface area contributed by atoms with E-state index in [0.717, 1.165) is 31.1 Å². The van der Waals surface area contributed by atoms with Crippen LogP contribution < -0.4 is 4.74 Å². The van der Waals surface area contributed by atoms with Crippen molar-refractivity contribution < 1.29 is 4.74 Å². The molecule has 0 radical (unpaired) electrons. The van der Waals surface area contributed by atoms with Crippen LogP contribution in [0.5, 0.6) is 5.75 Å². The van der Waals surface area contributed by atoms with Crippen molar-refractivity contribution >= 4 is 34.2 Å². The quantitative estimate of drug-likeness (QED) is 0.458. The monoisotopic (exact) mass is 310 g/mol. The maximum atomic E-state index is 5.55. The third-order valence-corrected chi connectivity index (χ3v) is 2.53. The summed E-state index contributed by atoms with van der Waals surface area (Å²) in [5.41, 5.74) is 0. The highest BCUT2D eigenvalue weighted by Crippen LogP contribution is 2.14. The Bertz CT molecular complexity index is 252. The molecular formula is C10H12ClIO. The number of hydrogen-bond donors (Lipinski definition) is 0. The van der Waals surface area contributed by atoms with E-state index < -0.39 is 0 Å². The van der Waals surface area contributed by atoms with E-state index in [1.807, 2.05) is 24.3 Å². The molecule has 0 fully saturated rings. The molecule has 0 aromatic heterocycles. The van der Waals surface area contributed by atoms with Crippen molar-refractivity contribution in [1.29, 1.82) is 0 Å². The molecule has 1 aromatic carbocycles. The molecule has 1 nitrogen and oxygen atoms in total. The van der Waals surface area contributed by atoms with Crippen molar-refractivity contribution in [3.05, 3.63) is 27.8 Å². The molecule has 1 aromatic rings. The van der Waals surface area contributed by atoms with Gasteiger partial charge in [-0.2, -0.15) is 0 Å². The molecular weight excluding hydrogens is 298 g/mol. The molecule has 0 aliphatic carbocycles. The van der Waals surface area contributed by atoms with Crippen LogP contribution in [0.15, 0.2) is 24.3 Å². The Morgan fingerprint density at radius 3 is 2.85 bits per heavy atom. The van der Waals surface area contributed by atoms with Gasteiger partial charge in [0, 0.05) is 9.45 Å². The van der Waals surface area contributed by atoms with Crippen LogP contribution in [0.2, 0.25) is 0 Å². The smallest absolute Gasteiger partial charge is 0.120 e. The van der Waals surface area contributed by atoms with Crippen molar-refractivity contribution in [3.63, 3.8) is 0 Å². The van der Waals surface area contributed by atoms with Gasteiger partial charge in [0.05, 0.1) is 6.61 Å². The molecule has 72 valence electrons. The van der Waals surface area contributed by atoms with Crippen molar-refractivity contribution in [2.24, 2.45) is 0 Å². The summed E-state index contributed by atoms with van der Waals surface area (Å²) in [5.74, 6) is 1.66. The van der Waals surface area contributed by atoms with Crippen LogP contribution in [0.4, 0.5) is 0 Å². The summed E-state index contributed by atoms with van der Waals surface area (Å²) in [6.45, 7) is 0.757. The van der Waals surface area contributed by atoms with E-state index in [9.17, 15) is 0 Å². The molecule has 0 atom stereocenters. The van der Waals surface area contributed by atoms with Crippen LogP contribution in [-0.4, -0.2) is 12.5 Å². The molecule has 0 heterocycles. The van der Waals surface area contributed by atoms with E-state index in [0.29, 0.717) is 0 Å². The summed E-state index contributed by atoms with van der Waals surface area (Å²) < 4.78 is 6.73. The fourth-order valence-corrected chi connectivity index (χ4v) is 1.65. The zero-order valence-corrected chi connectivity index (χ0v) is 10.2. The number of hydrogen-bond acceptors (Lipinski definition) is 1. The Labute approximate surface area is 97.6 Å². The second-order valence-electron chi connectivity index (χ2n) is 2.70. The Kier molecular flexibility index (Phi) is 5.55. The van der Waals surface area contributed by atoms with Gasteiger partial charge in [-0.1, -0.05) is 6.07 Å². The first-order chi connectivity index (χ1) is 6.33. The van der Waals surface area contributed by atoms with Gasteiger partial charge < -0.3 is 4.74 Å². The van der Waals surface area contributed by atoms with Crippen LogP contribution in [0.3, 0.4) is 0 Å². The van der Waals surface area contributed by atoms with Gasteiger partial charge in [-0.25, -0.2) is 0 Å². The van der Waals surface area contributed by atoms with Crippen molar-refractivity contribution in [3.8, 4) is 5.75 Å². The molecule has 0 unspecified atom stereocenters. The van der Waals surface area contributed by atoms with E-state index in [2.05, 4.69) is 22.6 Å². The summed E-state index contributed by atoms with van der Waals surface area (Å²) in [6, 6.07) is 8.05. The van der Waals surface area contributed by atoms with Crippen LogP contribution in [-0.2, 0) is 0 Å². The maximum absolute atomic E-state index is 5.55. The van der Waals surface area contributed by atoms with Gasteiger partial charge in [0.15, 0.2) is 0 Å². The summed E-state index contributed by atoms with van der Waals surface area (Å²) in [7, 11) is 0. The van der Waals surface area contributed by atoms with E-state index in [1.54, 1.807) is 0 Å². The fourth-order valence-electron chi connectivity index (χ4n) is 0.943. The number of unbranched alkanes of at least 4 members (excludes halogenated alkanes) is 1. The Morgan fingerprint density at radius 2 is 2.15 bits per heavy atom. The summed E-state index contributed by atoms with van der Waals surface area (Å²) in [5, 5.41) is 0. The van der Waals surface area contributed by atoms with Gasteiger partial charge >= 0.3 is 0 Å². The predicted molar refractivity (Wildman–Crippen MR) is 64.6 cm³/mol. The molecule has 0 saturated carbocycles. The van der Waals surface area contributed by atoms with Crippen molar-refractivity contribution in [1.82, 2.24) is 0 Å². The van der Waals surface area contributed by atoms with Gasteiger partial charge in [-0.05, 0) is 53.6 Å². The zero-order chi connectivity index (χ0) is 9.52. The average Bonchev–Trinajstić information content (AvgIpc) is 2.13. The first kappa shape index (κ1) is 11.1. The van der Waals surface area contributed by atoms with Crippen LogP contribution in [0.25, 0.3) is 0 Å². The first-order valence-electron chi connectivity index (χ1n) is 4.27. The lowest BCUT2D eigenvalue weighted by Crippen LogP contribution is -1.97. The minimum absolute atomic E-state index is 0.718. The van der Waals surface area contributed by atoms with Gasteiger partial charge in [0.1, 0.15) is 5.75 Å². The number of alkyl halides is 1. The van der Waals surface area contributed by atoms with Gasteiger partial charge in [0.25, 0.3) is 0 Å². The molecule has 0 aliphatic heterocycles. The average molecular weight is 311 g/mol. The number of benzene rings is 1. The standard InChI is InChI=1S/C10H12ClIO/c11-6-1-2-7-13-10-5-3-4-9(12)8-10/h3-5,8H,1-2,6-7H2. The van der Waals surface area contributed by atoms with Gasteiger partial charge in [0.2, 0.25) is 0 Å². The largest absolute Gasteiger partial charge is 0.494 e. The number of ether oxygens (including phenoxy) is 1. The molecule has 0 aliphatic rings. The summed E-state index contributed by atoms with van der Waals surface area (Å²) >= 11 is 7.82. The number of rotatable bonds is 5. The molecule has 0 bridgehead atoms. The van der Waals surface area contributed by atoms with E-state index in [-0.39, 0.29) is 0 Å². The highest BCUT2D eigenvalue weighted by Gasteiger charge is 1.93. The highest BCUT2D eigenvalue weighted by atomic mass is 127. The Hall–Kier alpha value is 0.0400. The van der Waals surface area contributed by atoms with Crippen molar-refractivity contribution in [2.75, 3.05) is 12.5 Å². The van der Waals surface area contributed by atoms with E-state index >= 15 is 0 Å². The number of halogens is 2. The predicted octanol–water partition coefficient (Wildman–Crippen LogP) is 3.69. The lowest BCUT2D eigenvalue weighted by Gasteiger charge is -2.04. The third-order valence-electron chi connectivity index (χ3n) is 1.59. The normalized spacial score (nSPS) is 10.0. The molecule has 0 amide bonds. The topological polar surface area (TPSA) is 9.23 Å². The lowest BCUT2D eigenvalue weighted by molar-refractivity contribution is 0.309. The molecule has 3 heteroatoms. The van der Waals surface area contributed by atoms with E-state index in [1.165, 1.54) is 3.57 Å². The molecule has 0 spiro atoms. The van der Waals surface area contributed by atoms with Crippen LogP contribution in [0.1, 0.15) is 12.8 Å². The fraction of sp³-hybridized carbons (Fsp3) is 0.400. The third kappa shape index (κ3) is 4.72. The molecule has 13 heavy (non-hydrogen) atoms. The molecule has 0 N–H and O–H groups in total. The molecule has 1 rings (SSSR count). The van der Waals surface area contributed by atoms with Crippen molar-refractivity contribution in [2.45, 2.75) is 12.8 Å². The lowest BCUT2D eigenvalue weighted by atomic mass is 10.3. The Balaban J connectivity index is 2.28.